The molecular weight excluding hydrogens is 432 g/mol. The number of rotatable bonds is 8. The minimum Gasteiger partial charge on any atom is -0.486 e. The lowest BCUT2D eigenvalue weighted by atomic mass is 10.2. The van der Waals surface area contributed by atoms with Crippen molar-refractivity contribution >= 4 is 22.2 Å². The summed E-state index contributed by atoms with van der Waals surface area (Å²) in [5, 5.41) is 0. The van der Waals surface area contributed by atoms with Gasteiger partial charge in [0.2, 0.25) is 0 Å². The molecule has 2 aromatic carbocycles. The monoisotopic (exact) mass is 458 g/mol. The maximum atomic E-state index is 12.9. The first-order chi connectivity index (χ1) is 16.6. The summed E-state index contributed by atoms with van der Waals surface area (Å²) < 4.78 is 8.74. The minimum absolute atomic E-state index is 0.311. The van der Waals surface area contributed by atoms with Gasteiger partial charge in [0.25, 0.3) is 5.56 Å². The molecule has 0 radical (unpaired) electrons. The van der Waals surface area contributed by atoms with Crippen LogP contribution in [0.3, 0.4) is 0 Å². The van der Waals surface area contributed by atoms with E-state index in [1.807, 2.05) is 62.4 Å². The van der Waals surface area contributed by atoms with Crippen molar-refractivity contribution in [3.63, 3.8) is 0 Å². The van der Waals surface area contributed by atoms with Crippen molar-refractivity contribution in [2.45, 2.75) is 46.4 Å². The zero-order valence-corrected chi connectivity index (χ0v) is 19.2. The van der Waals surface area contributed by atoms with E-state index < -0.39 is 0 Å². The van der Waals surface area contributed by atoms with Crippen molar-refractivity contribution in [3.05, 3.63) is 75.2 Å². The molecule has 2 N–H and O–H groups in total. The van der Waals surface area contributed by atoms with E-state index in [4.69, 9.17) is 4.74 Å². The smallest absolute Gasteiger partial charge is 0.332 e. The fourth-order valence-corrected chi connectivity index (χ4v) is 4.08. The summed E-state index contributed by atoms with van der Waals surface area (Å²) in [7, 11) is 0. The van der Waals surface area contributed by atoms with Gasteiger partial charge in [0.15, 0.2) is 5.65 Å². The molecule has 0 bridgehead atoms. The normalized spacial score (nSPS) is 11.5. The summed E-state index contributed by atoms with van der Waals surface area (Å²) in [5.74, 6) is 1.97. The van der Waals surface area contributed by atoms with Gasteiger partial charge < -0.3 is 14.7 Å². The Balaban J connectivity index is 1.42. The topological polar surface area (TPSA) is 111 Å². The number of aromatic nitrogens is 6. The third kappa shape index (κ3) is 3.89. The summed E-state index contributed by atoms with van der Waals surface area (Å²) in [5.41, 5.74) is 2.77. The fraction of sp³-hybridized carbons (Fsp3) is 0.280. The lowest BCUT2D eigenvalue weighted by molar-refractivity contribution is 0.297. The molecule has 0 saturated heterocycles. The number of ether oxygens (including phenoxy) is 1. The Labute approximate surface area is 195 Å². The second kappa shape index (κ2) is 9.01. The number of nitrogens with zero attached hydrogens (tertiary/aromatic N) is 4. The summed E-state index contributed by atoms with van der Waals surface area (Å²) >= 11 is 0. The van der Waals surface area contributed by atoms with Crippen LogP contribution in [0.1, 0.15) is 32.5 Å². The Bertz CT molecular complexity index is 1540. The number of hydrogen-bond acceptors (Lipinski definition) is 5. The molecule has 5 rings (SSSR count). The standard InChI is InChI=1S/C25H26N6O3/c1-3-13-30-23-21(24(32)31(14-4-2)25(30)33)28-22(29-23)16-9-11-17(12-10-16)34-15-20-26-18-7-5-6-8-19(18)27-20/h5-12H,3-4,13-15H2,1-2H3,(H,26,27)(H,28,29). The van der Waals surface area contributed by atoms with E-state index in [-0.39, 0.29) is 11.2 Å². The van der Waals surface area contributed by atoms with Crippen molar-refractivity contribution in [2.24, 2.45) is 0 Å². The number of H-pyrrole nitrogens is 2. The molecule has 0 atom stereocenters. The summed E-state index contributed by atoms with van der Waals surface area (Å²) in [6, 6.07) is 15.3. The van der Waals surface area contributed by atoms with Gasteiger partial charge in [0.1, 0.15) is 29.5 Å². The number of benzene rings is 2. The highest BCUT2D eigenvalue weighted by atomic mass is 16.5. The van der Waals surface area contributed by atoms with E-state index in [0.717, 1.165) is 28.8 Å². The molecule has 0 spiro atoms. The van der Waals surface area contributed by atoms with Gasteiger partial charge >= 0.3 is 5.69 Å². The third-order valence-corrected chi connectivity index (χ3v) is 5.70. The summed E-state index contributed by atoms with van der Waals surface area (Å²) in [4.78, 5) is 41.3. The van der Waals surface area contributed by atoms with E-state index in [0.29, 0.717) is 48.9 Å². The van der Waals surface area contributed by atoms with Crippen LogP contribution in [0.25, 0.3) is 33.6 Å². The predicted octanol–water partition coefficient (Wildman–Crippen LogP) is 3.83. The maximum Gasteiger partial charge on any atom is 0.332 e. The van der Waals surface area contributed by atoms with Crippen LogP contribution >= 0.6 is 0 Å². The molecule has 0 fully saturated rings. The number of hydrogen-bond donors (Lipinski definition) is 2. The average molecular weight is 459 g/mol. The van der Waals surface area contributed by atoms with Crippen molar-refractivity contribution in [2.75, 3.05) is 0 Å². The molecule has 5 aromatic rings. The van der Waals surface area contributed by atoms with Crippen LogP contribution in [0.5, 0.6) is 5.75 Å². The molecule has 0 aliphatic heterocycles. The second-order valence-electron chi connectivity index (χ2n) is 8.19. The van der Waals surface area contributed by atoms with Crippen LogP contribution in [-0.2, 0) is 19.7 Å². The Morgan fingerprint density at radius 2 is 1.62 bits per heavy atom. The zero-order valence-electron chi connectivity index (χ0n) is 19.2. The maximum absolute atomic E-state index is 12.9. The highest BCUT2D eigenvalue weighted by Gasteiger charge is 2.17. The predicted molar refractivity (Wildman–Crippen MR) is 131 cm³/mol. The van der Waals surface area contributed by atoms with Crippen LogP contribution in [-0.4, -0.2) is 29.1 Å². The molecule has 34 heavy (non-hydrogen) atoms. The Kier molecular flexibility index (Phi) is 5.75. The number of nitrogens with one attached hydrogen (secondary N) is 2. The SMILES string of the molecule is CCCn1c(=O)c2[nH]c(-c3ccc(OCc4nc5ccccc5[nH]4)cc3)nc2n(CCC)c1=O. The van der Waals surface area contributed by atoms with Gasteiger partial charge in [-0.3, -0.25) is 13.9 Å². The molecule has 0 saturated carbocycles. The third-order valence-electron chi connectivity index (χ3n) is 5.70. The van der Waals surface area contributed by atoms with E-state index in [1.165, 1.54) is 4.57 Å². The van der Waals surface area contributed by atoms with Crippen molar-refractivity contribution in [3.8, 4) is 17.1 Å². The van der Waals surface area contributed by atoms with Gasteiger partial charge in [-0.15, -0.1) is 0 Å². The van der Waals surface area contributed by atoms with Gasteiger partial charge in [-0.1, -0.05) is 26.0 Å². The molecule has 3 heterocycles. The molecule has 0 unspecified atom stereocenters. The molecule has 9 heteroatoms. The van der Waals surface area contributed by atoms with Crippen molar-refractivity contribution < 1.29 is 4.74 Å². The number of imidazole rings is 2. The van der Waals surface area contributed by atoms with E-state index in [1.54, 1.807) is 4.57 Å². The van der Waals surface area contributed by atoms with Gasteiger partial charge in [0.05, 0.1) is 11.0 Å². The first kappa shape index (κ1) is 21.7. The number of para-hydroxylation sites is 2. The minimum atomic E-state index is -0.334. The molecular formula is C25H26N6O3. The van der Waals surface area contributed by atoms with E-state index in [2.05, 4.69) is 19.9 Å². The first-order valence-electron chi connectivity index (χ1n) is 11.5. The Morgan fingerprint density at radius 3 is 2.35 bits per heavy atom. The zero-order chi connectivity index (χ0) is 23.7. The molecule has 0 amide bonds. The van der Waals surface area contributed by atoms with E-state index >= 15 is 0 Å². The van der Waals surface area contributed by atoms with Crippen LogP contribution < -0.4 is 16.0 Å². The first-order valence-corrected chi connectivity index (χ1v) is 11.5. The summed E-state index contributed by atoms with van der Waals surface area (Å²) in [6.45, 7) is 5.13. The number of fused-ring (bicyclic) bond motifs is 2. The number of aromatic amines is 2. The van der Waals surface area contributed by atoms with Gasteiger partial charge in [0, 0.05) is 18.7 Å². The molecule has 9 nitrogen and oxygen atoms in total. The lowest BCUT2D eigenvalue weighted by Gasteiger charge is -2.09. The molecule has 0 aliphatic rings. The van der Waals surface area contributed by atoms with Crippen molar-refractivity contribution in [1.82, 2.24) is 29.1 Å². The average Bonchev–Trinajstić information content (AvgIpc) is 3.48. The Hall–Kier alpha value is -4.14. The van der Waals surface area contributed by atoms with E-state index in [9.17, 15) is 9.59 Å². The molecule has 3 aromatic heterocycles. The van der Waals surface area contributed by atoms with Crippen LogP contribution in [0.15, 0.2) is 58.1 Å². The Morgan fingerprint density at radius 1 is 0.882 bits per heavy atom. The second-order valence-corrected chi connectivity index (χ2v) is 8.19. The summed E-state index contributed by atoms with van der Waals surface area (Å²) in [6.07, 6.45) is 1.46. The van der Waals surface area contributed by atoms with Gasteiger partial charge in [-0.2, -0.15) is 0 Å². The van der Waals surface area contributed by atoms with Crippen LogP contribution in [0.2, 0.25) is 0 Å². The number of aryl methyl sites for hydroxylation is 1. The highest BCUT2D eigenvalue weighted by Crippen LogP contribution is 2.22. The molecule has 174 valence electrons. The molecule has 0 aliphatic carbocycles. The fourth-order valence-electron chi connectivity index (χ4n) is 4.08. The largest absolute Gasteiger partial charge is 0.486 e. The van der Waals surface area contributed by atoms with Gasteiger partial charge in [-0.05, 0) is 49.2 Å². The van der Waals surface area contributed by atoms with Crippen LogP contribution in [0, 0.1) is 0 Å². The highest BCUT2D eigenvalue weighted by molar-refractivity contribution is 5.76. The van der Waals surface area contributed by atoms with Gasteiger partial charge in [-0.25, -0.2) is 14.8 Å². The lowest BCUT2D eigenvalue weighted by Crippen LogP contribution is -2.40. The quantitative estimate of drug-likeness (QED) is 0.367. The van der Waals surface area contributed by atoms with Crippen molar-refractivity contribution in [1.29, 1.82) is 0 Å². The van der Waals surface area contributed by atoms with Crippen LogP contribution in [0.4, 0.5) is 0 Å².